The molecule has 1 aromatic heterocycles. The van der Waals surface area contributed by atoms with E-state index >= 15 is 0 Å². The second-order valence-corrected chi connectivity index (χ2v) is 5.26. The first-order valence-corrected chi connectivity index (χ1v) is 7.00. The molecule has 0 fully saturated rings. The lowest BCUT2D eigenvalue weighted by Crippen LogP contribution is -2.28. The SMILES string of the molecule is COCCCNC(=O)Cn1ccc2cc(Br)ccc21. The Balaban J connectivity index is 1.95. The average Bonchev–Trinajstić information content (AvgIpc) is 2.77. The normalized spacial score (nSPS) is 10.8. The van der Waals surface area contributed by atoms with E-state index in [1.54, 1.807) is 7.11 Å². The highest BCUT2D eigenvalue weighted by molar-refractivity contribution is 9.10. The van der Waals surface area contributed by atoms with Crippen LogP contribution in [0.4, 0.5) is 0 Å². The molecular weight excluding hydrogens is 308 g/mol. The largest absolute Gasteiger partial charge is 0.385 e. The first-order chi connectivity index (χ1) is 9.20. The number of amides is 1. The fourth-order valence-electron chi connectivity index (χ4n) is 1.96. The zero-order valence-electron chi connectivity index (χ0n) is 10.9. The van der Waals surface area contributed by atoms with Crippen molar-refractivity contribution < 1.29 is 9.53 Å². The fraction of sp³-hybridized carbons (Fsp3) is 0.357. The number of ether oxygens (including phenoxy) is 1. The third kappa shape index (κ3) is 3.81. The van der Waals surface area contributed by atoms with Gasteiger partial charge in [-0.2, -0.15) is 0 Å². The van der Waals surface area contributed by atoms with E-state index in [0.29, 0.717) is 19.7 Å². The summed E-state index contributed by atoms with van der Waals surface area (Å²) in [7, 11) is 1.66. The molecule has 0 radical (unpaired) electrons. The fourth-order valence-corrected chi connectivity index (χ4v) is 2.34. The van der Waals surface area contributed by atoms with Crippen LogP contribution in [-0.4, -0.2) is 30.7 Å². The number of benzene rings is 1. The Labute approximate surface area is 120 Å². The van der Waals surface area contributed by atoms with Gasteiger partial charge >= 0.3 is 0 Å². The number of nitrogens with zero attached hydrogens (tertiary/aromatic N) is 1. The highest BCUT2D eigenvalue weighted by Gasteiger charge is 2.06. The van der Waals surface area contributed by atoms with Gasteiger partial charge in [-0.15, -0.1) is 0 Å². The molecule has 1 amide bonds. The van der Waals surface area contributed by atoms with Crippen LogP contribution in [0.2, 0.25) is 0 Å². The predicted molar refractivity (Wildman–Crippen MR) is 79.1 cm³/mol. The van der Waals surface area contributed by atoms with Crippen LogP contribution in [0.1, 0.15) is 6.42 Å². The molecule has 0 spiro atoms. The van der Waals surface area contributed by atoms with Gasteiger partial charge in [0.2, 0.25) is 5.91 Å². The molecule has 0 saturated carbocycles. The lowest BCUT2D eigenvalue weighted by molar-refractivity contribution is -0.121. The number of fused-ring (bicyclic) bond motifs is 1. The van der Waals surface area contributed by atoms with E-state index in [0.717, 1.165) is 21.8 Å². The molecular formula is C14H17BrN2O2. The van der Waals surface area contributed by atoms with Crippen molar-refractivity contribution in [2.45, 2.75) is 13.0 Å². The summed E-state index contributed by atoms with van der Waals surface area (Å²) < 4.78 is 7.93. The second kappa shape index (κ2) is 6.73. The topological polar surface area (TPSA) is 43.3 Å². The zero-order chi connectivity index (χ0) is 13.7. The van der Waals surface area contributed by atoms with Gasteiger partial charge in [-0.1, -0.05) is 15.9 Å². The molecule has 2 aromatic rings. The maximum absolute atomic E-state index is 11.8. The van der Waals surface area contributed by atoms with Crippen LogP contribution in [0, 0.1) is 0 Å². The minimum absolute atomic E-state index is 0.0246. The van der Waals surface area contributed by atoms with Crippen molar-refractivity contribution in [2.24, 2.45) is 0 Å². The van der Waals surface area contributed by atoms with E-state index in [2.05, 4.69) is 21.2 Å². The molecule has 19 heavy (non-hydrogen) atoms. The summed E-state index contributed by atoms with van der Waals surface area (Å²) in [5.74, 6) is 0.0246. The predicted octanol–water partition coefficient (Wildman–Crippen LogP) is 2.56. The molecule has 1 aromatic carbocycles. The average molecular weight is 325 g/mol. The molecule has 0 aliphatic rings. The van der Waals surface area contributed by atoms with Crippen LogP contribution >= 0.6 is 15.9 Å². The summed E-state index contributed by atoms with van der Waals surface area (Å²) >= 11 is 3.44. The quantitative estimate of drug-likeness (QED) is 0.830. The van der Waals surface area contributed by atoms with Gasteiger partial charge in [0.15, 0.2) is 0 Å². The summed E-state index contributed by atoms with van der Waals surface area (Å²) in [6.45, 7) is 1.66. The number of aromatic nitrogens is 1. The number of carbonyl (C=O) groups excluding carboxylic acids is 1. The molecule has 0 bridgehead atoms. The Kier molecular flexibility index (Phi) is 4.99. The maximum atomic E-state index is 11.8. The monoisotopic (exact) mass is 324 g/mol. The number of hydrogen-bond acceptors (Lipinski definition) is 2. The first kappa shape index (κ1) is 14.1. The maximum Gasteiger partial charge on any atom is 0.239 e. The summed E-state index contributed by atoms with van der Waals surface area (Å²) in [6, 6.07) is 8.05. The molecule has 102 valence electrons. The molecule has 0 saturated heterocycles. The molecule has 4 nitrogen and oxygen atoms in total. The molecule has 0 unspecified atom stereocenters. The van der Waals surface area contributed by atoms with E-state index in [-0.39, 0.29) is 5.91 Å². The number of carbonyl (C=O) groups is 1. The van der Waals surface area contributed by atoms with Crippen molar-refractivity contribution in [1.29, 1.82) is 0 Å². The molecule has 2 rings (SSSR count). The van der Waals surface area contributed by atoms with Gasteiger partial charge < -0.3 is 14.6 Å². The van der Waals surface area contributed by atoms with Gasteiger partial charge in [-0.05, 0) is 30.7 Å². The van der Waals surface area contributed by atoms with E-state index in [1.165, 1.54) is 0 Å². The Morgan fingerprint density at radius 2 is 2.26 bits per heavy atom. The van der Waals surface area contributed by atoms with E-state index in [1.807, 2.05) is 35.0 Å². The minimum Gasteiger partial charge on any atom is -0.385 e. The van der Waals surface area contributed by atoms with Gasteiger partial charge in [0.25, 0.3) is 0 Å². The highest BCUT2D eigenvalue weighted by atomic mass is 79.9. The van der Waals surface area contributed by atoms with Gasteiger partial charge in [0.05, 0.1) is 0 Å². The van der Waals surface area contributed by atoms with Gasteiger partial charge in [-0.25, -0.2) is 0 Å². The number of rotatable bonds is 6. The summed E-state index contributed by atoms with van der Waals surface area (Å²) in [6.07, 6.45) is 2.77. The van der Waals surface area contributed by atoms with E-state index < -0.39 is 0 Å². The summed E-state index contributed by atoms with van der Waals surface area (Å²) in [5.41, 5.74) is 1.07. The zero-order valence-corrected chi connectivity index (χ0v) is 12.4. The molecule has 0 atom stereocenters. The highest BCUT2D eigenvalue weighted by Crippen LogP contribution is 2.20. The van der Waals surface area contributed by atoms with Crippen molar-refractivity contribution in [1.82, 2.24) is 9.88 Å². The molecule has 5 heteroatoms. The minimum atomic E-state index is 0.0246. The Morgan fingerprint density at radius 3 is 3.05 bits per heavy atom. The van der Waals surface area contributed by atoms with Crippen LogP contribution in [-0.2, 0) is 16.1 Å². The molecule has 1 N–H and O–H groups in total. The van der Waals surface area contributed by atoms with Crippen molar-refractivity contribution in [2.75, 3.05) is 20.3 Å². The van der Waals surface area contributed by atoms with Crippen LogP contribution < -0.4 is 5.32 Å². The number of halogens is 1. The van der Waals surface area contributed by atoms with Crippen molar-refractivity contribution >= 4 is 32.7 Å². The lowest BCUT2D eigenvalue weighted by Gasteiger charge is -2.07. The van der Waals surface area contributed by atoms with Gasteiger partial charge in [-0.3, -0.25) is 4.79 Å². The van der Waals surface area contributed by atoms with Crippen molar-refractivity contribution in [3.8, 4) is 0 Å². The van der Waals surface area contributed by atoms with Gasteiger partial charge in [0.1, 0.15) is 6.54 Å². The van der Waals surface area contributed by atoms with Gasteiger partial charge in [0, 0.05) is 41.8 Å². The lowest BCUT2D eigenvalue weighted by atomic mass is 10.2. The standard InChI is InChI=1S/C14H17BrN2O2/c1-19-8-2-6-16-14(18)10-17-7-5-11-9-12(15)3-4-13(11)17/h3-5,7,9H,2,6,8,10H2,1H3,(H,16,18). The molecule has 0 aliphatic heterocycles. The summed E-state index contributed by atoms with van der Waals surface area (Å²) in [5, 5.41) is 4.01. The number of methoxy groups -OCH3 is 1. The molecule has 1 heterocycles. The third-order valence-corrected chi connectivity index (χ3v) is 3.39. The van der Waals surface area contributed by atoms with Crippen LogP contribution in [0.15, 0.2) is 34.9 Å². The van der Waals surface area contributed by atoms with Crippen LogP contribution in [0.5, 0.6) is 0 Å². The molecule has 0 aliphatic carbocycles. The van der Waals surface area contributed by atoms with Crippen LogP contribution in [0.3, 0.4) is 0 Å². The van der Waals surface area contributed by atoms with Crippen LogP contribution in [0.25, 0.3) is 10.9 Å². The summed E-state index contributed by atoms with van der Waals surface area (Å²) in [4.78, 5) is 11.8. The van der Waals surface area contributed by atoms with E-state index in [4.69, 9.17) is 4.74 Å². The second-order valence-electron chi connectivity index (χ2n) is 4.34. The smallest absolute Gasteiger partial charge is 0.239 e. The van der Waals surface area contributed by atoms with E-state index in [9.17, 15) is 4.79 Å². The van der Waals surface area contributed by atoms with Crippen molar-refractivity contribution in [3.05, 3.63) is 34.9 Å². The Bertz CT molecular complexity index is 566. The number of nitrogens with one attached hydrogen (secondary N) is 1. The Hall–Kier alpha value is -1.33. The Morgan fingerprint density at radius 1 is 1.42 bits per heavy atom. The third-order valence-electron chi connectivity index (χ3n) is 2.89. The first-order valence-electron chi connectivity index (χ1n) is 6.21. The number of hydrogen-bond donors (Lipinski definition) is 1. The van der Waals surface area contributed by atoms with Crippen molar-refractivity contribution in [3.63, 3.8) is 0 Å².